The number of fused-ring (bicyclic) bond motifs is 1. The zero-order chi connectivity index (χ0) is 27.3. The molecule has 0 aliphatic carbocycles. The maximum absolute atomic E-state index is 13.4. The number of likely N-dealkylation sites (N-methyl/N-ethyl adjacent to an activating group) is 1. The number of carboxylic acid groups (broad SMARTS) is 1. The van der Waals surface area contributed by atoms with Crippen LogP contribution in [0.4, 0.5) is 13.2 Å². The Morgan fingerprint density at radius 2 is 1.71 bits per heavy atom. The van der Waals surface area contributed by atoms with Crippen LogP contribution in [0, 0.1) is 0 Å². The molecule has 1 saturated heterocycles. The molecule has 1 aromatic carbocycles. The lowest BCUT2D eigenvalue weighted by Gasteiger charge is -2.20. The van der Waals surface area contributed by atoms with Crippen LogP contribution in [-0.4, -0.2) is 80.1 Å². The maximum Gasteiger partial charge on any atom is 0.490 e. The van der Waals surface area contributed by atoms with Crippen molar-refractivity contribution >= 4 is 17.4 Å². The molecule has 4 heterocycles. The fraction of sp³-hybridized carbons (Fsp3) is 0.296. The van der Waals surface area contributed by atoms with E-state index in [1.54, 1.807) is 0 Å². The molecule has 1 aliphatic heterocycles. The summed E-state index contributed by atoms with van der Waals surface area (Å²) in [7, 11) is 2.12. The van der Waals surface area contributed by atoms with Gasteiger partial charge < -0.3 is 23.9 Å². The molecule has 5 rings (SSSR count). The Labute approximate surface area is 217 Å². The predicted octanol–water partition coefficient (Wildman–Crippen LogP) is 4.26. The number of hydrogen-bond acceptors (Lipinski definition) is 4. The molecule has 11 heteroatoms. The normalized spacial score (nSPS) is 14.6. The highest BCUT2D eigenvalue weighted by molar-refractivity contribution is 6.02. The summed E-state index contributed by atoms with van der Waals surface area (Å²) >= 11 is 0. The van der Waals surface area contributed by atoms with Crippen molar-refractivity contribution in [3.8, 4) is 11.4 Å². The first-order chi connectivity index (χ1) is 18.1. The van der Waals surface area contributed by atoms with Gasteiger partial charge in [-0.05, 0) is 43.8 Å². The molecule has 0 spiro atoms. The smallest absolute Gasteiger partial charge is 0.475 e. The fourth-order valence-electron chi connectivity index (χ4n) is 4.31. The standard InChI is InChI=1S/C25H27N5O.C2HF3O2/c1-27-11-7-12-29(15-14-27)25(31)21-16-24(30-13-6-5-10-23(21)30)22-18-28(19-26-22)17-20-8-3-2-4-9-20;3-2(4,5)1(6)7/h2-6,8-10,13,16,18-19H,7,11-12,14-15,17H2,1H3;(H,6,7). The molecular formula is C27H28F3N5O3. The van der Waals surface area contributed by atoms with Crippen LogP contribution in [-0.2, 0) is 11.3 Å². The van der Waals surface area contributed by atoms with Crippen molar-refractivity contribution < 1.29 is 27.9 Å². The van der Waals surface area contributed by atoms with E-state index in [-0.39, 0.29) is 5.91 Å². The number of imidazole rings is 1. The van der Waals surface area contributed by atoms with E-state index in [0.29, 0.717) is 0 Å². The number of rotatable bonds is 4. The lowest BCUT2D eigenvalue weighted by atomic mass is 10.2. The van der Waals surface area contributed by atoms with Gasteiger partial charge in [0.05, 0.1) is 23.1 Å². The van der Waals surface area contributed by atoms with E-state index in [1.807, 2.05) is 59.9 Å². The van der Waals surface area contributed by atoms with Gasteiger partial charge in [0.25, 0.3) is 5.91 Å². The Hall–Kier alpha value is -4.12. The minimum atomic E-state index is -5.08. The Balaban J connectivity index is 0.000000426. The van der Waals surface area contributed by atoms with Gasteiger partial charge in [0.1, 0.15) is 5.69 Å². The Bertz CT molecular complexity index is 1400. The Morgan fingerprint density at radius 1 is 1.00 bits per heavy atom. The quantitative estimate of drug-likeness (QED) is 0.429. The van der Waals surface area contributed by atoms with E-state index in [1.165, 1.54) is 5.56 Å². The van der Waals surface area contributed by atoms with Gasteiger partial charge in [-0.15, -0.1) is 0 Å². The van der Waals surface area contributed by atoms with Gasteiger partial charge in [-0.2, -0.15) is 13.2 Å². The second kappa shape index (κ2) is 11.5. The summed E-state index contributed by atoms with van der Waals surface area (Å²) in [6.07, 6.45) is 1.84. The molecule has 1 fully saturated rings. The molecule has 8 nitrogen and oxygen atoms in total. The molecule has 0 bridgehead atoms. The van der Waals surface area contributed by atoms with Crippen LogP contribution in [0.15, 0.2) is 73.3 Å². The summed E-state index contributed by atoms with van der Waals surface area (Å²) in [5.41, 5.74) is 4.72. The van der Waals surface area contributed by atoms with Gasteiger partial charge in [-0.1, -0.05) is 36.4 Å². The molecule has 38 heavy (non-hydrogen) atoms. The molecule has 0 atom stereocenters. The Morgan fingerprint density at radius 3 is 2.42 bits per heavy atom. The first-order valence-corrected chi connectivity index (χ1v) is 12.1. The van der Waals surface area contributed by atoms with Crippen molar-refractivity contribution in [3.63, 3.8) is 0 Å². The van der Waals surface area contributed by atoms with Crippen LogP contribution < -0.4 is 0 Å². The van der Waals surface area contributed by atoms with Gasteiger partial charge >= 0.3 is 12.1 Å². The van der Waals surface area contributed by atoms with Gasteiger partial charge in [-0.3, -0.25) is 4.79 Å². The van der Waals surface area contributed by atoms with Crippen LogP contribution in [0.3, 0.4) is 0 Å². The highest BCUT2D eigenvalue weighted by Crippen LogP contribution is 2.27. The summed E-state index contributed by atoms with van der Waals surface area (Å²) in [6.45, 7) is 4.28. The van der Waals surface area contributed by atoms with E-state index < -0.39 is 12.1 Å². The number of pyridine rings is 1. The molecule has 1 N–H and O–H groups in total. The third-order valence-corrected chi connectivity index (χ3v) is 6.26. The first-order valence-electron chi connectivity index (χ1n) is 12.1. The average Bonchev–Trinajstić information content (AvgIpc) is 3.44. The summed E-state index contributed by atoms with van der Waals surface area (Å²) in [5.74, 6) is -2.65. The molecule has 0 unspecified atom stereocenters. The predicted molar refractivity (Wildman–Crippen MR) is 136 cm³/mol. The number of carbonyl (C=O) groups excluding carboxylic acids is 1. The summed E-state index contributed by atoms with van der Waals surface area (Å²) < 4.78 is 35.9. The minimum absolute atomic E-state index is 0.106. The second-order valence-corrected chi connectivity index (χ2v) is 9.07. The van der Waals surface area contributed by atoms with Crippen LogP contribution >= 0.6 is 0 Å². The monoisotopic (exact) mass is 527 g/mol. The van der Waals surface area contributed by atoms with Crippen molar-refractivity contribution in [2.75, 3.05) is 33.2 Å². The summed E-state index contributed by atoms with van der Waals surface area (Å²) in [5, 5.41) is 7.12. The molecule has 4 aromatic rings. The molecule has 0 radical (unpaired) electrons. The minimum Gasteiger partial charge on any atom is -0.475 e. The Kier molecular flexibility index (Phi) is 8.16. The lowest BCUT2D eigenvalue weighted by Crippen LogP contribution is -2.34. The number of benzene rings is 1. The number of carboxylic acids is 1. The number of halogens is 3. The molecular weight excluding hydrogens is 499 g/mol. The molecule has 0 saturated carbocycles. The SMILES string of the molecule is CN1CCCN(C(=O)c2cc(-c3cn(Cc4ccccc4)cn3)n3ccccc23)CC1.O=C(O)C(F)(F)F. The summed E-state index contributed by atoms with van der Waals surface area (Å²) in [6, 6.07) is 18.3. The van der Waals surface area contributed by atoms with Crippen molar-refractivity contribution in [1.82, 2.24) is 23.8 Å². The van der Waals surface area contributed by atoms with Crippen molar-refractivity contribution in [3.05, 3.63) is 84.4 Å². The highest BCUT2D eigenvalue weighted by atomic mass is 19.4. The van der Waals surface area contributed by atoms with Gasteiger partial charge in [0, 0.05) is 38.6 Å². The van der Waals surface area contributed by atoms with Crippen molar-refractivity contribution in [1.29, 1.82) is 0 Å². The second-order valence-electron chi connectivity index (χ2n) is 9.07. The molecule has 1 aliphatic rings. The zero-order valence-corrected chi connectivity index (χ0v) is 20.8. The van der Waals surface area contributed by atoms with E-state index >= 15 is 0 Å². The topological polar surface area (TPSA) is 83.1 Å². The van der Waals surface area contributed by atoms with Gasteiger partial charge in [0.2, 0.25) is 0 Å². The molecule has 200 valence electrons. The number of aliphatic carboxylic acids is 1. The van der Waals surface area contributed by atoms with Crippen molar-refractivity contribution in [2.45, 2.75) is 19.1 Å². The highest BCUT2D eigenvalue weighted by Gasteiger charge is 2.38. The number of hydrogen-bond donors (Lipinski definition) is 1. The van der Waals surface area contributed by atoms with Gasteiger partial charge in [0.15, 0.2) is 0 Å². The molecule has 3 aromatic heterocycles. The van der Waals surface area contributed by atoms with Crippen LogP contribution in [0.1, 0.15) is 22.3 Å². The van der Waals surface area contributed by atoms with E-state index in [2.05, 4.69) is 44.2 Å². The number of amides is 1. The van der Waals surface area contributed by atoms with Crippen molar-refractivity contribution in [2.24, 2.45) is 0 Å². The van der Waals surface area contributed by atoms with Crippen LogP contribution in [0.25, 0.3) is 16.9 Å². The summed E-state index contributed by atoms with van der Waals surface area (Å²) in [4.78, 5) is 31.3. The van der Waals surface area contributed by atoms with E-state index in [4.69, 9.17) is 9.90 Å². The van der Waals surface area contributed by atoms with E-state index in [9.17, 15) is 18.0 Å². The number of aromatic nitrogens is 3. The third-order valence-electron chi connectivity index (χ3n) is 6.26. The van der Waals surface area contributed by atoms with Crippen LogP contribution in [0.5, 0.6) is 0 Å². The number of nitrogens with zero attached hydrogens (tertiary/aromatic N) is 5. The largest absolute Gasteiger partial charge is 0.490 e. The molecule has 1 amide bonds. The maximum atomic E-state index is 13.4. The number of alkyl halides is 3. The van der Waals surface area contributed by atoms with Crippen LogP contribution in [0.2, 0.25) is 0 Å². The van der Waals surface area contributed by atoms with E-state index in [0.717, 1.165) is 61.6 Å². The zero-order valence-electron chi connectivity index (χ0n) is 20.8. The van der Waals surface area contributed by atoms with Gasteiger partial charge in [-0.25, -0.2) is 9.78 Å². The third kappa shape index (κ3) is 6.41. The first kappa shape index (κ1) is 26.9. The average molecular weight is 528 g/mol. The fourth-order valence-corrected chi connectivity index (χ4v) is 4.31. The lowest BCUT2D eigenvalue weighted by molar-refractivity contribution is -0.192. The number of carbonyl (C=O) groups is 2.